The fraction of sp³-hybridized carbons (Fsp3) is 1.00. The van der Waals surface area contributed by atoms with Crippen molar-refractivity contribution in [1.29, 1.82) is 0 Å². The van der Waals surface area contributed by atoms with Crippen molar-refractivity contribution in [2.24, 2.45) is 5.41 Å². The highest BCUT2D eigenvalue weighted by molar-refractivity contribution is 8.42. The standard InChI is InChI=1S/C11H25OPS/c1-10(2,3)9(12)8-13(7,14)11(4,5)6/h9,12H,8H2,1-7H3/t9-,13?/m1/s1. The highest BCUT2D eigenvalue weighted by Gasteiger charge is 2.37. The molecule has 1 nitrogen and oxygen atoms in total. The quantitative estimate of drug-likeness (QED) is 0.586. The van der Waals surface area contributed by atoms with Gasteiger partial charge in [-0.15, -0.1) is 6.46 Å². The lowest BCUT2D eigenvalue weighted by molar-refractivity contribution is 0.0829. The van der Waals surface area contributed by atoms with Crippen LogP contribution in [0, 0.1) is 5.41 Å². The molecule has 0 saturated carbocycles. The number of aliphatic hydroxyl groups is 1. The smallest absolute Gasteiger partial charge is 0.0906 e. The Morgan fingerprint density at radius 3 is 1.71 bits per heavy atom. The Morgan fingerprint density at radius 1 is 1.14 bits per heavy atom. The summed E-state index contributed by atoms with van der Waals surface area (Å²) in [5, 5.41) is 10.2. The van der Waals surface area contributed by atoms with Crippen molar-refractivity contribution < 1.29 is 5.11 Å². The minimum absolute atomic E-state index is 0.0503. The van der Waals surface area contributed by atoms with E-state index in [1.165, 1.54) is 0 Å². The minimum Gasteiger partial charge on any atom is -0.556 e. The summed E-state index contributed by atoms with van der Waals surface area (Å²) < 4.78 is 0. The van der Waals surface area contributed by atoms with Crippen LogP contribution in [0.1, 0.15) is 41.5 Å². The van der Waals surface area contributed by atoms with Crippen molar-refractivity contribution >= 4 is 18.7 Å². The molecule has 0 aliphatic rings. The number of hydrogen-bond donors (Lipinski definition) is 1. The van der Waals surface area contributed by atoms with Gasteiger partial charge < -0.3 is 17.4 Å². The van der Waals surface area contributed by atoms with E-state index < -0.39 is 6.46 Å². The normalized spacial score (nSPS) is 20.4. The van der Waals surface area contributed by atoms with Gasteiger partial charge in [-0.05, 0) is 26.2 Å². The van der Waals surface area contributed by atoms with E-state index in [2.05, 4.69) is 48.2 Å². The van der Waals surface area contributed by atoms with Gasteiger partial charge in [-0.1, -0.05) is 20.8 Å². The Hall–Kier alpha value is 0.740. The average Bonchev–Trinajstić information content (AvgIpc) is 1.80. The Kier molecular flexibility index (Phi) is 4.54. The van der Waals surface area contributed by atoms with Gasteiger partial charge >= 0.3 is 0 Å². The zero-order valence-electron chi connectivity index (χ0n) is 10.6. The lowest BCUT2D eigenvalue weighted by Gasteiger charge is -2.44. The highest BCUT2D eigenvalue weighted by Crippen LogP contribution is 2.64. The van der Waals surface area contributed by atoms with Gasteiger partial charge in [0.2, 0.25) is 0 Å². The third kappa shape index (κ3) is 4.08. The van der Waals surface area contributed by atoms with Crippen molar-refractivity contribution in [3.63, 3.8) is 0 Å². The van der Waals surface area contributed by atoms with Crippen molar-refractivity contribution in [2.75, 3.05) is 12.8 Å². The van der Waals surface area contributed by atoms with Gasteiger partial charge in [-0.25, -0.2) is 0 Å². The van der Waals surface area contributed by atoms with Gasteiger partial charge in [0.05, 0.1) is 17.4 Å². The molecule has 3 heteroatoms. The minimum atomic E-state index is -1.45. The van der Waals surface area contributed by atoms with Crippen LogP contribution in [0.5, 0.6) is 0 Å². The lowest BCUT2D eigenvalue weighted by Crippen LogP contribution is -2.34. The number of rotatable bonds is 2. The van der Waals surface area contributed by atoms with E-state index in [4.69, 9.17) is 12.2 Å². The summed E-state index contributed by atoms with van der Waals surface area (Å²) in [5.41, 5.74) is -0.0503. The van der Waals surface area contributed by atoms with Gasteiger partial charge in [-0.2, -0.15) is 0 Å². The third-order valence-electron chi connectivity index (χ3n) is 2.94. The van der Waals surface area contributed by atoms with Crippen molar-refractivity contribution in [2.45, 2.75) is 52.8 Å². The summed E-state index contributed by atoms with van der Waals surface area (Å²) in [6, 6.07) is 0. The van der Waals surface area contributed by atoms with Crippen molar-refractivity contribution in [1.82, 2.24) is 0 Å². The molecule has 0 aliphatic heterocycles. The van der Waals surface area contributed by atoms with E-state index in [0.29, 0.717) is 0 Å². The molecule has 0 saturated heterocycles. The van der Waals surface area contributed by atoms with Crippen LogP contribution in [0.25, 0.3) is 0 Å². The van der Waals surface area contributed by atoms with Crippen molar-refractivity contribution in [3.8, 4) is 0 Å². The van der Waals surface area contributed by atoms with Gasteiger partial charge in [-0.3, -0.25) is 0 Å². The summed E-state index contributed by atoms with van der Waals surface area (Å²) in [6.45, 7) is 13.5. The predicted octanol–water partition coefficient (Wildman–Crippen LogP) is 3.30. The maximum Gasteiger partial charge on any atom is 0.0906 e. The Balaban J connectivity index is 4.53. The van der Waals surface area contributed by atoms with Gasteiger partial charge in [0.15, 0.2) is 0 Å². The van der Waals surface area contributed by atoms with Crippen LogP contribution < -0.4 is 0 Å². The van der Waals surface area contributed by atoms with E-state index in [-0.39, 0.29) is 16.7 Å². The second-order valence-electron chi connectivity index (χ2n) is 6.34. The van der Waals surface area contributed by atoms with E-state index in [1.807, 2.05) is 0 Å². The monoisotopic (exact) mass is 236 g/mol. The van der Waals surface area contributed by atoms with Crippen LogP contribution in [-0.2, 0) is 12.2 Å². The van der Waals surface area contributed by atoms with Gasteiger partial charge in [0.25, 0.3) is 0 Å². The van der Waals surface area contributed by atoms with Crippen molar-refractivity contribution in [3.05, 3.63) is 0 Å². The summed E-state index contributed by atoms with van der Waals surface area (Å²) in [7, 11) is 0. The maximum absolute atomic E-state index is 10.0. The first-order valence-corrected chi connectivity index (χ1v) is 8.56. The fourth-order valence-corrected chi connectivity index (χ4v) is 3.06. The third-order valence-corrected chi connectivity index (χ3v) is 8.91. The highest BCUT2D eigenvalue weighted by atomic mass is 32.7. The molecular formula is C11H25OPS. The van der Waals surface area contributed by atoms with Crippen LogP contribution in [0.3, 0.4) is 0 Å². The van der Waals surface area contributed by atoms with Crippen LogP contribution >= 0.6 is 6.46 Å². The average molecular weight is 236 g/mol. The molecule has 0 aromatic heterocycles. The molecule has 0 radical (unpaired) electrons. The molecule has 14 heavy (non-hydrogen) atoms. The zero-order chi connectivity index (χ0) is 11.8. The zero-order valence-corrected chi connectivity index (χ0v) is 12.3. The SMILES string of the molecule is CC(C)(C)[C@H](O)C[P+](C)([S-])C(C)(C)C. The largest absolute Gasteiger partial charge is 0.556 e. The molecule has 0 rings (SSSR count). The van der Waals surface area contributed by atoms with E-state index in [1.54, 1.807) is 0 Å². The molecule has 0 spiro atoms. The van der Waals surface area contributed by atoms with Gasteiger partial charge in [0.1, 0.15) is 0 Å². The molecular weight excluding hydrogens is 211 g/mol. The molecule has 86 valence electrons. The Labute approximate surface area is 95.2 Å². The van der Waals surface area contributed by atoms with Crippen LogP contribution in [-0.4, -0.2) is 29.2 Å². The first-order valence-electron chi connectivity index (χ1n) is 5.12. The van der Waals surface area contributed by atoms with Crippen LogP contribution in [0.15, 0.2) is 0 Å². The second-order valence-corrected chi connectivity index (χ2v) is 12.7. The second kappa shape index (κ2) is 4.31. The van der Waals surface area contributed by atoms with Crippen LogP contribution in [0.4, 0.5) is 0 Å². The molecule has 0 amide bonds. The first kappa shape index (κ1) is 14.7. The van der Waals surface area contributed by atoms with E-state index in [9.17, 15) is 5.11 Å². The molecule has 0 aliphatic carbocycles. The summed E-state index contributed by atoms with van der Waals surface area (Å²) >= 11 is 5.68. The molecule has 0 fully saturated rings. The van der Waals surface area contributed by atoms with E-state index >= 15 is 0 Å². The van der Waals surface area contributed by atoms with E-state index in [0.717, 1.165) is 6.16 Å². The molecule has 0 heterocycles. The molecule has 0 aromatic carbocycles. The summed E-state index contributed by atoms with van der Waals surface area (Å²) in [4.78, 5) is 0. The Morgan fingerprint density at radius 2 is 1.50 bits per heavy atom. The molecule has 0 aromatic rings. The lowest BCUT2D eigenvalue weighted by atomic mass is 9.90. The predicted molar refractivity (Wildman–Crippen MR) is 70.3 cm³/mol. The fourth-order valence-electron chi connectivity index (χ4n) is 0.878. The molecule has 1 unspecified atom stereocenters. The topological polar surface area (TPSA) is 20.2 Å². The van der Waals surface area contributed by atoms with Gasteiger partial charge in [0, 0.05) is 6.66 Å². The van der Waals surface area contributed by atoms with Crippen LogP contribution in [0.2, 0.25) is 0 Å². The number of aliphatic hydroxyl groups excluding tert-OH is 1. The Bertz CT molecular complexity index is 188. The first-order chi connectivity index (χ1) is 5.88. The molecule has 0 bridgehead atoms. The summed E-state index contributed by atoms with van der Waals surface area (Å²) in [5.74, 6) is 0. The summed E-state index contributed by atoms with van der Waals surface area (Å²) in [6.07, 6.45) is 0.507. The molecule has 2 atom stereocenters. The number of hydrogen-bond acceptors (Lipinski definition) is 2. The molecule has 1 N–H and O–H groups in total. The maximum atomic E-state index is 10.0.